The molecule has 0 aliphatic carbocycles. The first-order valence-corrected chi connectivity index (χ1v) is 8.12. The lowest BCUT2D eigenvalue weighted by atomic mass is 10.0. The van der Waals surface area contributed by atoms with Gasteiger partial charge in [0.25, 0.3) is 0 Å². The van der Waals surface area contributed by atoms with Crippen LogP contribution in [0.3, 0.4) is 0 Å². The molecule has 8 heteroatoms. The Bertz CT molecular complexity index is 842. The van der Waals surface area contributed by atoms with Crippen molar-refractivity contribution in [2.24, 2.45) is 0 Å². The van der Waals surface area contributed by atoms with Crippen molar-refractivity contribution in [3.8, 4) is 5.75 Å². The Balaban J connectivity index is 2.55. The molecule has 124 valence electrons. The molecule has 0 fully saturated rings. The second-order valence-electron chi connectivity index (χ2n) is 4.88. The number of rotatable bonds is 5. The summed E-state index contributed by atoms with van der Waals surface area (Å²) in [5.41, 5.74) is -4.79. The summed E-state index contributed by atoms with van der Waals surface area (Å²) in [5.74, 6) is -0.645. The fourth-order valence-electron chi connectivity index (χ4n) is 2.19. The Morgan fingerprint density at radius 2 is 1.87 bits per heavy atom. The van der Waals surface area contributed by atoms with Crippen molar-refractivity contribution in [2.45, 2.75) is 25.3 Å². The molecule has 0 radical (unpaired) electrons. The molecule has 23 heavy (non-hydrogen) atoms. The number of carbonyl (C=O) groups excluding carboxylic acids is 1. The van der Waals surface area contributed by atoms with Gasteiger partial charge in [0.15, 0.2) is 12.0 Å². The lowest BCUT2D eigenvalue weighted by Gasteiger charge is -2.12. The van der Waals surface area contributed by atoms with Crippen LogP contribution in [0.25, 0.3) is 10.8 Å². The van der Waals surface area contributed by atoms with E-state index in [4.69, 9.17) is 0 Å². The summed E-state index contributed by atoms with van der Waals surface area (Å²) >= 11 is 0. The first-order valence-electron chi connectivity index (χ1n) is 6.71. The van der Waals surface area contributed by atoms with Crippen molar-refractivity contribution in [2.75, 3.05) is 0 Å². The van der Waals surface area contributed by atoms with Crippen LogP contribution in [0.4, 0.5) is 13.2 Å². The van der Waals surface area contributed by atoms with Crippen molar-refractivity contribution in [3.63, 3.8) is 0 Å². The largest absolute Gasteiger partial charge is 0.534 e. The highest BCUT2D eigenvalue weighted by Crippen LogP contribution is 2.32. The highest BCUT2D eigenvalue weighted by Gasteiger charge is 2.48. The minimum atomic E-state index is -5.83. The molecule has 0 N–H and O–H groups in total. The molecule has 0 aliphatic rings. The molecule has 2 aromatic carbocycles. The Morgan fingerprint density at radius 3 is 2.43 bits per heavy atom. The van der Waals surface area contributed by atoms with Crippen molar-refractivity contribution in [3.05, 3.63) is 41.5 Å². The first kappa shape index (κ1) is 17.3. The molecule has 0 saturated heterocycles. The van der Waals surface area contributed by atoms with Gasteiger partial charge in [-0.2, -0.15) is 21.6 Å². The predicted octanol–water partition coefficient (Wildman–Crippen LogP) is 3.83. The van der Waals surface area contributed by atoms with Gasteiger partial charge < -0.3 is 4.18 Å². The lowest BCUT2D eigenvalue weighted by molar-refractivity contribution is -0.0500. The highest BCUT2D eigenvalue weighted by atomic mass is 32.2. The number of aldehydes is 1. The number of halogens is 3. The van der Waals surface area contributed by atoms with E-state index in [0.717, 1.165) is 24.5 Å². The standard InChI is InChI=1S/C15H13F3O4S/c1-2-3-10-4-6-12-11(8-10)5-7-14(13(12)9-19)22-23(20,21)15(16,17)18/h4-9H,2-3H2,1H3. The summed E-state index contributed by atoms with van der Waals surface area (Å²) < 4.78 is 63.5. The normalized spacial score (nSPS) is 12.3. The van der Waals surface area contributed by atoms with E-state index in [1.807, 2.05) is 6.92 Å². The fraction of sp³-hybridized carbons (Fsp3) is 0.267. The number of hydrogen-bond donors (Lipinski definition) is 0. The quantitative estimate of drug-likeness (QED) is 0.469. The molecule has 0 saturated carbocycles. The Labute approximate surface area is 131 Å². The molecule has 0 amide bonds. The van der Waals surface area contributed by atoms with Crippen molar-refractivity contribution in [1.29, 1.82) is 0 Å². The predicted molar refractivity (Wildman–Crippen MR) is 78.9 cm³/mol. The summed E-state index contributed by atoms with van der Waals surface area (Å²) in [6.45, 7) is 2.00. The van der Waals surface area contributed by atoms with Crippen LogP contribution in [0.5, 0.6) is 5.75 Å². The minimum Gasteiger partial charge on any atom is -0.375 e. The average Bonchev–Trinajstić information content (AvgIpc) is 2.46. The molecule has 2 aromatic rings. The summed E-state index contributed by atoms with van der Waals surface area (Å²) in [6.07, 6.45) is 2.01. The zero-order chi connectivity index (χ0) is 17.3. The third kappa shape index (κ3) is 3.47. The maximum atomic E-state index is 12.4. The molecule has 2 rings (SSSR count). The van der Waals surface area contributed by atoms with E-state index in [0.29, 0.717) is 10.8 Å². The van der Waals surface area contributed by atoms with Gasteiger partial charge >= 0.3 is 15.6 Å². The maximum absolute atomic E-state index is 12.4. The topological polar surface area (TPSA) is 60.4 Å². The molecular formula is C15H13F3O4S. The lowest BCUT2D eigenvalue weighted by Crippen LogP contribution is -2.28. The highest BCUT2D eigenvalue weighted by molar-refractivity contribution is 7.88. The summed E-state index contributed by atoms with van der Waals surface area (Å²) in [5, 5.41) is 0.949. The van der Waals surface area contributed by atoms with Gasteiger partial charge in [0.2, 0.25) is 0 Å². The van der Waals surface area contributed by atoms with Crippen molar-refractivity contribution < 1.29 is 30.6 Å². The van der Waals surface area contributed by atoms with Gasteiger partial charge in [0, 0.05) is 0 Å². The molecule has 4 nitrogen and oxygen atoms in total. The molecule has 0 atom stereocenters. The van der Waals surface area contributed by atoms with Crippen LogP contribution in [0, 0.1) is 0 Å². The van der Waals surface area contributed by atoms with E-state index in [-0.39, 0.29) is 11.8 Å². The van der Waals surface area contributed by atoms with Crippen molar-refractivity contribution >= 4 is 27.2 Å². The van der Waals surface area contributed by atoms with Gasteiger partial charge in [-0.25, -0.2) is 0 Å². The summed E-state index contributed by atoms with van der Waals surface area (Å²) in [4.78, 5) is 11.2. The Hall–Kier alpha value is -2.09. The molecular weight excluding hydrogens is 333 g/mol. The van der Waals surface area contributed by atoms with Crippen LogP contribution in [-0.4, -0.2) is 20.2 Å². The van der Waals surface area contributed by atoms with Crippen LogP contribution < -0.4 is 4.18 Å². The monoisotopic (exact) mass is 346 g/mol. The van der Waals surface area contributed by atoms with Gasteiger partial charge in [0.05, 0.1) is 5.56 Å². The third-order valence-electron chi connectivity index (χ3n) is 3.23. The Kier molecular flexibility index (Phi) is 4.65. The van der Waals surface area contributed by atoms with Crippen molar-refractivity contribution in [1.82, 2.24) is 0 Å². The van der Waals surface area contributed by atoms with E-state index in [1.54, 1.807) is 18.2 Å². The number of benzene rings is 2. The SMILES string of the molecule is CCCc1ccc2c(C=O)c(OS(=O)(=O)C(F)(F)F)ccc2c1. The number of alkyl halides is 3. The Morgan fingerprint density at radius 1 is 1.17 bits per heavy atom. The van der Waals surface area contributed by atoms with Crippen LogP contribution in [0.2, 0.25) is 0 Å². The first-order chi connectivity index (χ1) is 10.7. The third-order valence-corrected chi connectivity index (χ3v) is 4.19. The van der Waals surface area contributed by atoms with Crippen LogP contribution in [0.15, 0.2) is 30.3 Å². The molecule has 0 spiro atoms. The summed E-state index contributed by atoms with van der Waals surface area (Å²) in [6, 6.07) is 7.57. The summed E-state index contributed by atoms with van der Waals surface area (Å²) in [7, 11) is -5.83. The second-order valence-corrected chi connectivity index (χ2v) is 6.42. The van der Waals surface area contributed by atoms with Crippen LogP contribution >= 0.6 is 0 Å². The van der Waals surface area contributed by atoms with Gasteiger partial charge in [-0.15, -0.1) is 0 Å². The molecule has 0 aliphatic heterocycles. The average molecular weight is 346 g/mol. The van der Waals surface area contributed by atoms with Gasteiger partial charge in [-0.1, -0.05) is 37.6 Å². The molecule has 0 aromatic heterocycles. The number of aryl methyl sites for hydroxylation is 1. The number of carbonyl (C=O) groups is 1. The van der Waals surface area contributed by atoms with E-state index < -0.39 is 21.4 Å². The zero-order valence-corrected chi connectivity index (χ0v) is 12.9. The van der Waals surface area contributed by atoms with E-state index >= 15 is 0 Å². The van der Waals surface area contributed by atoms with Crippen LogP contribution in [-0.2, 0) is 16.5 Å². The molecule has 0 unspecified atom stereocenters. The fourth-order valence-corrected chi connectivity index (χ4v) is 2.66. The van der Waals surface area contributed by atoms with Gasteiger partial charge in [-0.3, -0.25) is 4.79 Å². The zero-order valence-electron chi connectivity index (χ0n) is 12.1. The number of fused-ring (bicyclic) bond motifs is 1. The minimum absolute atomic E-state index is 0.238. The molecule has 0 bridgehead atoms. The number of hydrogen-bond acceptors (Lipinski definition) is 4. The second kappa shape index (κ2) is 6.19. The van der Waals surface area contributed by atoms with E-state index in [9.17, 15) is 26.4 Å². The van der Waals surface area contributed by atoms with Gasteiger partial charge in [-0.05, 0) is 28.8 Å². The smallest absolute Gasteiger partial charge is 0.375 e. The van der Waals surface area contributed by atoms with Crippen LogP contribution in [0.1, 0.15) is 29.3 Å². The maximum Gasteiger partial charge on any atom is 0.534 e. The van der Waals surface area contributed by atoms with E-state index in [2.05, 4.69) is 4.18 Å². The van der Waals surface area contributed by atoms with E-state index in [1.165, 1.54) is 6.07 Å². The molecule has 0 heterocycles. The van der Waals surface area contributed by atoms with Gasteiger partial charge in [0.1, 0.15) is 0 Å².